The molecule has 0 fully saturated rings. The van der Waals surface area contributed by atoms with Gasteiger partial charge in [0.05, 0.1) is 0 Å². The van der Waals surface area contributed by atoms with Gasteiger partial charge in [0, 0.05) is 18.3 Å². The zero-order valence-electron chi connectivity index (χ0n) is 12.3. The fraction of sp³-hybridized carbons (Fsp3) is 0.643. The Morgan fingerprint density at radius 1 is 1.29 bits per heavy atom. The molecular formula is C14H20F4N2O. The van der Waals surface area contributed by atoms with E-state index in [1.807, 2.05) is 0 Å². The summed E-state index contributed by atoms with van der Waals surface area (Å²) in [5.74, 6) is -3.74. The van der Waals surface area contributed by atoms with E-state index >= 15 is 0 Å². The Labute approximate surface area is 121 Å². The number of aromatic nitrogens is 1. The highest BCUT2D eigenvalue weighted by molar-refractivity contribution is 5.24. The van der Waals surface area contributed by atoms with Gasteiger partial charge in [-0.2, -0.15) is 8.78 Å². The van der Waals surface area contributed by atoms with Crippen LogP contribution in [0.25, 0.3) is 0 Å². The SMILES string of the molecule is Cc1nc(OCC(F)(F)C(F)F)ccc1CNCC(C)C. The third kappa shape index (κ3) is 5.87. The molecule has 0 bridgehead atoms. The zero-order chi connectivity index (χ0) is 16.0. The van der Waals surface area contributed by atoms with Crippen LogP contribution in [0.15, 0.2) is 12.1 Å². The summed E-state index contributed by atoms with van der Waals surface area (Å²) in [4.78, 5) is 3.99. The molecule has 0 atom stereocenters. The number of alkyl halides is 4. The summed E-state index contributed by atoms with van der Waals surface area (Å²) < 4.78 is 54.1. The van der Waals surface area contributed by atoms with Gasteiger partial charge in [-0.15, -0.1) is 0 Å². The predicted molar refractivity (Wildman–Crippen MR) is 72.0 cm³/mol. The van der Waals surface area contributed by atoms with Crippen molar-refractivity contribution in [3.8, 4) is 5.88 Å². The number of rotatable bonds is 8. The van der Waals surface area contributed by atoms with E-state index in [0.29, 0.717) is 18.2 Å². The molecule has 0 aromatic carbocycles. The number of aryl methyl sites for hydroxylation is 1. The van der Waals surface area contributed by atoms with Crippen molar-refractivity contribution in [1.29, 1.82) is 0 Å². The monoisotopic (exact) mass is 308 g/mol. The summed E-state index contributed by atoms with van der Waals surface area (Å²) in [6.45, 7) is 5.94. The van der Waals surface area contributed by atoms with Crippen LogP contribution in [0.4, 0.5) is 17.6 Å². The smallest absolute Gasteiger partial charge is 0.340 e. The van der Waals surface area contributed by atoms with Crippen molar-refractivity contribution < 1.29 is 22.3 Å². The van der Waals surface area contributed by atoms with Gasteiger partial charge < -0.3 is 10.1 Å². The van der Waals surface area contributed by atoms with E-state index in [0.717, 1.165) is 12.1 Å². The summed E-state index contributed by atoms with van der Waals surface area (Å²) in [5, 5.41) is 3.23. The minimum absolute atomic E-state index is 0.0829. The third-order valence-electron chi connectivity index (χ3n) is 2.77. The van der Waals surface area contributed by atoms with Gasteiger partial charge in [-0.1, -0.05) is 19.9 Å². The van der Waals surface area contributed by atoms with E-state index in [4.69, 9.17) is 0 Å². The van der Waals surface area contributed by atoms with Crippen LogP contribution in [0.5, 0.6) is 5.88 Å². The molecule has 0 saturated carbocycles. The van der Waals surface area contributed by atoms with Gasteiger partial charge in [0.25, 0.3) is 0 Å². The van der Waals surface area contributed by atoms with Crippen LogP contribution in [-0.2, 0) is 6.54 Å². The Morgan fingerprint density at radius 2 is 1.95 bits per heavy atom. The summed E-state index contributed by atoms with van der Waals surface area (Å²) in [7, 11) is 0. The molecule has 3 nitrogen and oxygen atoms in total. The highest BCUT2D eigenvalue weighted by atomic mass is 19.3. The molecule has 21 heavy (non-hydrogen) atoms. The first kappa shape index (κ1) is 17.7. The second-order valence-corrected chi connectivity index (χ2v) is 5.27. The lowest BCUT2D eigenvalue weighted by molar-refractivity contribution is -0.148. The van der Waals surface area contributed by atoms with Gasteiger partial charge in [0.2, 0.25) is 5.88 Å². The summed E-state index contributed by atoms with van der Waals surface area (Å²) in [6, 6.07) is 3.09. The van der Waals surface area contributed by atoms with Gasteiger partial charge in [-0.05, 0) is 24.9 Å². The Bertz CT molecular complexity index is 453. The molecule has 1 rings (SSSR count). The number of hydrogen-bond acceptors (Lipinski definition) is 3. The van der Waals surface area contributed by atoms with Gasteiger partial charge in [0.1, 0.15) is 0 Å². The molecule has 0 aliphatic carbocycles. The van der Waals surface area contributed by atoms with Gasteiger partial charge in [0.15, 0.2) is 6.61 Å². The molecule has 0 saturated heterocycles. The zero-order valence-corrected chi connectivity index (χ0v) is 12.3. The lowest BCUT2D eigenvalue weighted by atomic mass is 10.2. The molecule has 1 aromatic heterocycles. The fourth-order valence-electron chi connectivity index (χ4n) is 1.56. The Balaban J connectivity index is 2.57. The van der Waals surface area contributed by atoms with E-state index in [9.17, 15) is 17.6 Å². The van der Waals surface area contributed by atoms with Gasteiger partial charge >= 0.3 is 12.3 Å². The first-order valence-electron chi connectivity index (χ1n) is 6.68. The van der Waals surface area contributed by atoms with E-state index in [1.54, 1.807) is 13.0 Å². The van der Waals surface area contributed by atoms with Gasteiger partial charge in [-0.3, -0.25) is 0 Å². The maximum atomic E-state index is 12.7. The van der Waals surface area contributed by atoms with E-state index in [-0.39, 0.29) is 5.88 Å². The number of pyridine rings is 1. The molecule has 7 heteroatoms. The Kier molecular flexibility index (Phi) is 6.39. The highest BCUT2D eigenvalue weighted by Gasteiger charge is 2.41. The Morgan fingerprint density at radius 3 is 2.48 bits per heavy atom. The second kappa shape index (κ2) is 7.59. The van der Waals surface area contributed by atoms with Crippen molar-refractivity contribution in [2.75, 3.05) is 13.2 Å². The largest absolute Gasteiger partial charge is 0.471 e. The summed E-state index contributed by atoms with van der Waals surface area (Å²) >= 11 is 0. The minimum Gasteiger partial charge on any atom is -0.471 e. The summed E-state index contributed by atoms with van der Waals surface area (Å²) in [5.41, 5.74) is 1.52. The Hall–Kier alpha value is -1.37. The number of nitrogens with zero attached hydrogens (tertiary/aromatic N) is 1. The first-order chi connectivity index (χ1) is 9.72. The quantitative estimate of drug-likeness (QED) is 0.747. The molecule has 0 aliphatic heterocycles. The molecule has 120 valence electrons. The third-order valence-corrected chi connectivity index (χ3v) is 2.77. The molecule has 0 amide bonds. The van der Waals surface area contributed by atoms with Crippen LogP contribution in [0.1, 0.15) is 25.1 Å². The second-order valence-electron chi connectivity index (χ2n) is 5.27. The first-order valence-corrected chi connectivity index (χ1v) is 6.68. The van der Waals surface area contributed by atoms with Crippen molar-refractivity contribution in [3.63, 3.8) is 0 Å². The van der Waals surface area contributed by atoms with Crippen molar-refractivity contribution >= 4 is 0 Å². The number of nitrogens with one attached hydrogen (secondary N) is 1. The minimum atomic E-state index is -4.17. The standard InChI is InChI=1S/C14H20F4N2O/c1-9(2)6-19-7-11-4-5-12(20-10(11)3)21-8-14(17,18)13(15)16/h4-5,9,13,19H,6-8H2,1-3H3. The average Bonchev–Trinajstić information content (AvgIpc) is 2.38. The van der Waals surface area contributed by atoms with Crippen LogP contribution in [-0.4, -0.2) is 30.5 Å². The van der Waals surface area contributed by atoms with E-state index < -0.39 is 19.0 Å². The average molecular weight is 308 g/mol. The molecule has 0 radical (unpaired) electrons. The fourth-order valence-corrected chi connectivity index (χ4v) is 1.56. The number of ether oxygens (including phenoxy) is 1. The van der Waals surface area contributed by atoms with Crippen LogP contribution < -0.4 is 10.1 Å². The molecule has 0 spiro atoms. The molecule has 1 aromatic rings. The van der Waals surface area contributed by atoms with E-state index in [2.05, 4.69) is 28.9 Å². The molecule has 0 aliphatic rings. The molecule has 1 N–H and O–H groups in total. The number of hydrogen-bond donors (Lipinski definition) is 1. The predicted octanol–water partition coefficient (Wildman–Crippen LogP) is 3.41. The summed E-state index contributed by atoms with van der Waals surface area (Å²) in [6.07, 6.45) is -3.75. The molecule has 1 heterocycles. The van der Waals surface area contributed by atoms with Crippen molar-refractivity contribution in [1.82, 2.24) is 10.3 Å². The molecule has 0 unspecified atom stereocenters. The van der Waals surface area contributed by atoms with Crippen LogP contribution >= 0.6 is 0 Å². The van der Waals surface area contributed by atoms with Crippen LogP contribution in [0.3, 0.4) is 0 Å². The maximum Gasteiger partial charge on any atom is 0.340 e. The molecular weight excluding hydrogens is 288 g/mol. The van der Waals surface area contributed by atoms with Gasteiger partial charge in [-0.25, -0.2) is 13.8 Å². The van der Waals surface area contributed by atoms with Crippen molar-refractivity contribution in [2.24, 2.45) is 5.92 Å². The van der Waals surface area contributed by atoms with Crippen molar-refractivity contribution in [2.45, 2.75) is 39.7 Å². The topological polar surface area (TPSA) is 34.1 Å². The maximum absolute atomic E-state index is 12.7. The van der Waals surface area contributed by atoms with Crippen LogP contribution in [0, 0.1) is 12.8 Å². The lowest BCUT2D eigenvalue weighted by Gasteiger charge is -2.16. The normalized spacial score (nSPS) is 12.2. The van der Waals surface area contributed by atoms with E-state index in [1.165, 1.54) is 6.07 Å². The number of halogens is 4. The van der Waals surface area contributed by atoms with Crippen LogP contribution in [0.2, 0.25) is 0 Å². The highest BCUT2D eigenvalue weighted by Crippen LogP contribution is 2.24. The lowest BCUT2D eigenvalue weighted by Crippen LogP contribution is -2.34. The van der Waals surface area contributed by atoms with Crippen molar-refractivity contribution in [3.05, 3.63) is 23.4 Å².